The Bertz CT molecular complexity index is 1510. The van der Waals surface area contributed by atoms with E-state index in [4.69, 9.17) is 14.2 Å². The van der Waals surface area contributed by atoms with Gasteiger partial charge in [0.05, 0.1) is 19.7 Å². The first-order valence-electron chi connectivity index (χ1n) is 10.7. The van der Waals surface area contributed by atoms with Gasteiger partial charge in [-0.05, 0) is 54.1 Å². The molecule has 168 valence electrons. The second-order valence-corrected chi connectivity index (χ2v) is 7.59. The van der Waals surface area contributed by atoms with Crippen LogP contribution in [-0.4, -0.2) is 23.8 Å². The van der Waals surface area contributed by atoms with Crippen LogP contribution in [0.2, 0.25) is 0 Å². The Morgan fingerprint density at radius 2 is 1.50 bits per heavy atom. The first kappa shape index (κ1) is 21.3. The van der Waals surface area contributed by atoms with E-state index in [0.717, 1.165) is 22.2 Å². The fraction of sp³-hybridized carbons (Fsp3) is 0.0714. The zero-order chi connectivity index (χ0) is 23.5. The van der Waals surface area contributed by atoms with Gasteiger partial charge in [-0.2, -0.15) is 0 Å². The van der Waals surface area contributed by atoms with Gasteiger partial charge in [-0.1, -0.05) is 30.3 Å². The highest BCUT2D eigenvalue weighted by molar-refractivity contribution is 5.88. The molecule has 0 amide bonds. The van der Waals surface area contributed by atoms with Crippen LogP contribution in [0.25, 0.3) is 27.7 Å². The molecule has 34 heavy (non-hydrogen) atoms. The zero-order valence-electron chi connectivity index (χ0n) is 18.8. The summed E-state index contributed by atoms with van der Waals surface area (Å²) in [4.78, 5) is 17.5. The van der Waals surface area contributed by atoms with E-state index < -0.39 is 0 Å². The molecule has 5 rings (SSSR count). The quantitative estimate of drug-likeness (QED) is 0.324. The van der Waals surface area contributed by atoms with Crippen molar-refractivity contribution < 1.29 is 14.2 Å². The predicted molar refractivity (Wildman–Crippen MR) is 132 cm³/mol. The van der Waals surface area contributed by atoms with Crippen LogP contribution in [-0.2, 0) is 0 Å². The summed E-state index contributed by atoms with van der Waals surface area (Å²) < 4.78 is 18.6. The highest BCUT2D eigenvalue weighted by Crippen LogP contribution is 2.37. The van der Waals surface area contributed by atoms with E-state index in [1.807, 2.05) is 78.9 Å². The lowest BCUT2D eigenvalue weighted by molar-refractivity contribution is 0.355. The van der Waals surface area contributed by atoms with E-state index in [-0.39, 0.29) is 5.56 Å². The van der Waals surface area contributed by atoms with Gasteiger partial charge in [-0.15, -0.1) is 0 Å². The molecular weight excluding hydrogens is 428 g/mol. The predicted octanol–water partition coefficient (Wildman–Crippen LogP) is 5.86. The van der Waals surface area contributed by atoms with Crippen molar-refractivity contribution in [3.8, 4) is 39.8 Å². The third kappa shape index (κ3) is 3.97. The van der Waals surface area contributed by atoms with Gasteiger partial charge in [-0.25, -0.2) is 0 Å². The molecule has 0 fully saturated rings. The number of hydrogen-bond donors (Lipinski definition) is 0. The Morgan fingerprint density at radius 1 is 0.765 bits per heavy atom. The highest BCUT2D eigenvalue weighted by atomic mass is 16.5. The average Bonchev–Trinajstić information content (AvgIpc) is 2.89. The number of fused-ring (bicyclic) bond motifs is 1. The summed E-state index contributed by atoms with van der Waals surface area (Å²) in [6, 6.07) is 26.2. The number of ether oxygens (including phenoxy) is 3. The molecule has 0 saturated carbocycles. The standard InChI is InChI=1S/C28H22N2O4/c1-32-26-17-23-24(18-27(26)33-2)29-15-14-25(23)34-21-12-10-19(11-13-21)22-9-6-16-30(28(22)31)20-7-4-3-5-8-20/h3-18H,1-2H3. The number of methoxy groups -OCH3 is 2. The maximum atomic E-state index is 13.1. The third-order valence-corrected chi connectivity index (χ3v) is 5.58. The van der Waals surface area contributed by atoms with Gasteiger partial charge in [0.1, 0.15) is 11.5 Å². The number of nitrogens with zero attached hydrogens (tertiary/aromatic N) is 2. The zero-order valence-corrected chi connectivity index (χ0v) is 18.8. The van der Waals surface area contributed by atoms with E-state index in [0.29, 0.717) is 28.6 Å². The van der Waals surface area contributed by atoms with Gasteiger partial charge < -0.3 is 14.2 Å². The maximum Gasteiger partial charge on any atom is 0.262 e. The van der Waals surface area contributed by atoms with E-state index in [9.17, 15) is 4.79 Å². The minimum absolute atomic E-state index is 0.0801. The van der Waals surface area contributed by atoms with E-state index in [1.165, 1.54) is 0 Å². The van der Waals surface area contributed by atoms with Crippen molar-refractivity contribution in [1.29, 1.82) is 0 Å². The van der Waals surface area contributed by atoms with Crippen LogP contribution in [0.3, 0.4) is 0 Å². The Balaban J connectivity index is 1.46. The molecule has 0 aliphatic rings. The first-order chi connectivity index (χ1) is 16.7. The van der Waals surface area contributed by atoms with Crippen molar-refractivity contribution in [2.45, 2.75) is 0 Å². The maximum absolute atomic E-state index is 13.1. The van der Waals surface area contributed by atoms with Crippen LogP contribution in [0.15, 0.2) is 102 Å². The van der Waals surface area contributed by atoms with Crippen molar-refractivity contribution >= 4 is 10.9 Å². The fourth-order valence-electron chi connectivity index (χ4n) is 3.87. The van der Waals surface area contributed by atoms with Crippen LogP contribution >= 0.6 is 0 Å². The lowest BCUT2D eigenvalue weighted by Gasteiger charge is -2.13. The molecule has 3 aromatic carbocycles. The Morgan fingerprint density at radius 3 is 2.24 bits per heavy atom. The van der Waals surface area contributed by atoms with Gasteiger partial charge in [0.25, 0.3) is 5.56 Å². The lowest BCUT2D eigenvalue weighted by Crippen LogP contribution is -2.18. The average molecular weight is 450 g/mol. The van der Waals surface area contributed by atoms with E-state index in [2.05, 4.69) is 4.98 Å². The summed E-state index contributed by atoms with van der Waals surface area (Å²) in [6.45, 7) is 0. The summed E-state index contributed by atoms with van der Waals surface area (Å²) in [5, 5.41) is 0.804. The second kappa shape index (κ2) is 9.11. The molecule has 0 bridgehead atoms. The van der Waals surface area contributed by atoms with Crippen LogP contribution < -0.4 is 19.8 Å². The van der Waals surface area contributed by atoms with Gasteiger partial charge in [0, 0.05) is 35.1 Å². The molecule has 0 unspecified atom stereocenters. The number of aromatic nitrogens is 2. The smallest absolute Gasteiger partial charge is 0.262 e. The Kier molecular flexibility index (Phi) is 5.70. The molecule has 6 nitrogen and oxygen atoms in total. The Labute approximate surface area is 196 Å². The van der Waals surface area contributed by atoms with Crippen LogP contribution in [0.1, 0.15) is 0 Å². The molecule has 0 saturated heterocycles. The molecular formula is C28H22N2O4. The number of benzene rings is 3. The molecule has 0 radical (unpaired) electrons. The summed E-state index contributed by atoms with van der Waals surface area (Å²) in [7, 11) is 3.18. The lowest BCUT2D eigenvalue weighted by atomic mass is 10.1. The molecule has 0 aliphatic carbocycles. The highest BCUT2D eigenvalue weighted by Gasteiger charge is 2.12. The minimum Gasteiger partial charge on any atom is -0.493 e. The van der Waals surface area contributed by atoms with Crippen molar-refractivity contribution in [3.05, 3.63) is 108 Å². The van der Waals surface area contributed by atoms with Gasteiger partial charge in [0.15, 0.2) is 11.5 Å². The Hall–Kier alpha value is -4.58. The fourth-order valence-corrected chi connectivity index (χ4v) is 3.87. The molecule has 2 aromatic heterocycles. The molecule has 5 aromatic rings. The van der Waals surface area contributed by atoms with Crippen molar-refractivity contribution in [2.24, 2.45) is 0 Å². The summed E-state index contributed by atoms with van der Waals surface area (Å²) >= 11 is 0. The van der Waals surface area contributed by atoms with Crippen molar-refractivity contribution in [2.75, 3.05) is 14.2 Å². The largest absolute Gasteiger partial charge is 0.493 e. The monoisotopic (exact) mass is 450 g/mol. The number of pyridine rings is 2. The van der Waals surface area contributed by atoms with Crippen LogP contribution in [0, 0.1) is 0 Å². The van der Waals surface area contributed by atoms with E-state index in [1.54, 1.807) is 37.2 Å². The summed E-state index contributed by atoms with van der Waals surface area (Å²) in [5.74, 6) is 2.49. The summed E-state index contributed by atoms with van der Waals surface area (Å²) in [5.41, 5.74) is 2.91. The van der Waals surface area contributed by atoms with Crippen LogP contribution in [0.5, 0.6) is 23.0 Å². The molecule has 0 N–H and O–H groups in total. The number of para-hydroxylation sites is 1. The van der Waals surface area contributed by atoms with Gasteiger partial charge in [-0.3, -0.25) is 14.3 Å². The topological polar surface area (TPSA) is 62.6 Å². The third-order valence-electron chi connectivity index (χ3n) is 5.58. The van der Waals surface area contributed by atoms with Crippen molar-refractivity contribution in [3.63, 3.8) is 0 Å². The molecule has 0 spiro atoms. The summed E-state index contributed by atoms with van der Waals surface area (Å²) in [6.07, 6.45) is 3.46. The molecule has 2 heterocycles. The van der Waals surface area contributed by atoms with Gasteiger partial charge >= 0.3 is 0 Å². The van der Waals surface area contributed by atoms with Gasteiger partial charge in [0.2, 0.25) is 0 Å². The number of rotatable bonds is 6. The molecule has 0 aliphatic heterocycles. The first-order valence-corrected chi connectivity index (χ1v) is 10.7. The van der Waals surface area contributed by atoms with E-state index >= 15 is 0 Å². The van der Waals surface area contributed by atoms with Crippen LogP contribution in [0.4, 0.5) is 0 Å². The number of hydrogen-bond acceptors (Lipinski definition) is 5. The van der Waals surface area contributed by atoms with Crippen molar-refractivity contribution in [1.82, 2.24) is 9.55 Å². The normalized spacial score (nSPS) is 10.8. The molecule has 6 heteroatoms. The SMILES string of the molecule is COc1cc2nccc(Oc3ccc(-c4cccn(-c5ccccc5)c4=O)cc3)c2cc1OC. The minimum atomic E-state index is -0.0801. The second-order valence-electron chi connectivity index (χ2n) is 7.59. The molecule has 0 atom stereocenters.